The van der Waals surface area contributed by atoms with E-state index in [1.807, 2.05) is 13.0 Å². The Kier molecular flexibility index (Phi) is 2.19. The highest BCUT2D eigenvalue weighted by Gasteiger charge is 2.24. The first-order valence-electron chi connectivity index (χ1n) is 4.62. The van der Waals surface area contributed by atoms with Crippen molar-refractivity contribution in [2.45, 2.75) is 32.4 Å². The van der Waals surface area contributed by atoms with Crippen molar-refractivity contribution >= 4 is 0 Å². The van der Waals surface area contributed by atoms with Gasteiger partial charge < -0.3 is 10.5 Å². The molecule has 1 aromatic heterocycles. The van der Waals surface area contributed by atoms with E-state index in [1.165, 1.54) is 0 Å². The molecule has 1 heterocycles. The molecule has 1 aliphatic rings. The van der Waals surface area contributed by atoms with Gasteiger partial charge in [-0.15, -0.1) is 0 Å². The third-order valence-electron chi connectivity index (χ3n) is 2.12. The highest BCUT2D eigenvalue weighted by molar-refractivity contribution is 5.32. The Balaban J connectivity index is 2.21. The lowest BCUT2D eigenvalue weighted by molar-refractivity contribution is 0.298. The molecule has 0 aromatic carbocycles. The van der Waals surface area contributed by atoms with Crippen LogP contribution in [0.25, 0.3) is 0 Å². The molecule has 0 unspecified atom stereocenters. The van der Waals surface area contributed by atoms with Crippen molar-refractivity contribution in [2.75, 3.05) is 0 Å². The van der Waals surface area contributed by atoms with Crippen molar-refractivity contribution in [2.24, 2.45) is 5.73 Å². The number of aromatic nitrogens is 1. The van der Waals surface area contributed by atoms with Gasteiger partial charge in [-0.25, -0.2) is 0 Å². The number of nitrogens with zero attached hydrogens (tertiary/aromatic N) is 1. The second kappa shape index (κ2) is 3.34. The van der Waals surface area contributed by atoms with Gasteiger partial charge in [-0.2, -0.15) is 0 Å². The van der Waals surface area contributed by atoms with Gasteiger partial charge in [-0.3, -0.25) is 4.98 Å². The van der Waals surface area contributed by atoms with Gasteiger partial charge in [0.25, 0.3) is 0 Å². The Bertz CT molecular complexity index is 308. The van der Waals surface area contributed by atoms with E-state index in [9.17, 15) is 0 Å². The van der Waals surface area contributed by atoms with Crippen molar-refractivity contribution in [1.29, 1.82) is 0 Å². The molecule has 2 N–H and O–H groups in total. The predicted octanol–water partition coefficient (Wildman–Crippen LogP) is 1.39. The van der Waals surface area contributed by atoms with Crippen LogP contribution in [0.2, 0.25) is 0 Å². The smallest absolute Gasteiger partial charge is 0.142 e. The van der Waals surface area contributed by atoms with Crippen molar-refractivity contribution in [3.05, 3.63) is 23.5 Å². The fourth-order valence-corrected chi connectivity index (χ4v) is 1.23. The summed E-state index contributed by atoms with van der Waals surface area (Å²) in [5, 5.41) is 0. The summed E-state index contributed by atoms with van der Waals surface area (Å²) in [5.74, 6) is 0.857. The molecule has 0 aliphatic heterocycles. The molecule has 1 aliphatic carbocycles. The van der Waals surface area contributed by atoms with Crippen LogP contribution < -0.4 is 10.5 Å². The number of ether oxygens (including phenoxy) is 1. The molecule has 0 radical (unpaired) electrons. The zero-order valence-electron chi connectivity index (χ0n) is 7.79. The summed E-state index contributed by atoms with van der Waals surface area (Å²) in [6.45, 7) is 2.48. The molecule has 3 heteroatoms. The fourth-order valence-electron chi connectivity index (χ4n) is 1.23. The Morgan fingerprint density at radius 2 is 2.38 bits per heavy atom. The van der Waals surface area contributed by atoms with Crippen LogP contribution >= 0.6 is 0 Å². The molecule has 70 valence electrons. The standard InChI is InChI=1S/C10H14N2O/c1-7-4-8(5-11)10(6-12-7)13-9-2-3-9/h4,6,9H,2-3,5,11H2,1H3. The second-order valence-corrected chi connectivity index (χ2v) is 3.45. The molecule has 0 saturated heterocycles. The van der Waals surface area contributed by atoms with E-state index in [2.05, 4.69) is 4.98 Å². The zero-order chi connectivity index (χ0) is 9.26. The van der Waals surface area contributed by atoms with Gasteiger partial charge in [0.15, 0.2) is 0 Å². The van der Waals surface area contributed by atoms with Gasteiger partial charge in [-0.05, 0) is 25.8 Å². The number of nitrogens with two attached hydrogens (primary N) is 1. The van der Waals surface area contributed by atoms with Crippen molar-refractivity contribution in [1.82, 2.24) is 4.98 Å². The summed E-state index contributed by atoms with van der Waals surface area (Å²) in [5.41, 5.74) is 7.65. The molecule has 0 atom stereocenters. The topological polar surface area (TPSA) is 48.1 Å². The van der Waals surface area contributed by atoms with Crippen LogP contribution in [0.3, 0.4) is 0 Å². The number of rotatable bonds is 3. The summed E-state index contributed by atoms with van der Waals surface area (Å²) >= 11 is 0. The maximum absolute atomic E-state index is 5.66. The van der Waals surface area contributed by atoms with E-state index in [4.69, 9.17) is 10.5 Å². The van der Waals surface area contributed by atoms with Gasteiger partial charge in [0.1, 0.15) is 5.75 Å². The lowest BCUT2D eigenvalue weighted by atomic mass is 10.2. The first-order valence-corrected chi connectivity index (χ1v) is 4.62. The van der Waals surface area contributed by atoms with Crippen LogP contribution in [-0.2, 0) is 6.54 Å². The average Bonchev–Trinajstić information content (AvgIpc) is 2.92. The molecule has 1 fully saturated rings. The van der Waals surface area contributed by atoms with E-state index >= 15 is 0 Å². The Hall–Kier alpha value is -1.09. The minimum Gasteiger partial charge on any atom is -0.488 e. The second-order valence-electron chi connectivity index (χ2n) is 3.45. The minimum absolute atomic E-state index is 0.412. The summed E-state index contributed by atoms with van der Waals surface area (Å²) in [7, 11) is 0. The fraction of sp³-hybridized carbons (Fsp3) is 0.500. The first-order chi connectivity index (χ1) is 6.29. The van der Waals surface area contributed by atoms with Gasteiger partial charge in [0.05, 0.1) is 12.3 Å². The molecular formula is C10H14N2O. The molecule has 13 heavy (non-hydrogen) atoms. The molecule has 1 aromatic rings. The SMILES string of the molecule is Cc1cc(CN)c(OC2CC2)cn1. The maximum Gasteiger partial charge on any atom is 0.142 e. The molecule has 0 amide bonds. The molecule has 0 spiro atoms. The molecular weight excluding hydrogens is 164 g/mol. The summed E-state index contributed by atoms with van der Waals surface area (Å²) in [4.78, 5) is 4.19. The summed E-state index contributed by atoms with van der Waals surface area (Å²) in [6.07, 6.45) is 4.51. The normalized spacial score (nSPS) is 15.8. The Morgan fingerprint density at radius 1 is 1.62 bits per heavy atom. The van der Waals surface area contributed by atoms with Gasteiger partial charge in [0, 0.05) is 17.8 Å². The van der Waals surface area contributed by atoms with Crippen LogP contribution in [0.4, 0.5) is 0 Å². The molecule has 1 saturated carbocycles. The van der Waals surface area contributed by atoms with Crippen LogP contribution in [0.15, 0.2) is 12.3 Å². The number of pyridine rings is 1. The average molecular weight is 178 g/mol. The van der Waals surface area contributed by atoms with Crippen LogP contribution in [-0.4, -0.2) is 11.1 Å². The van der Waals surface area contributed by atoms with Gasteiger partial charge in [0.2, 0.25) is 0 Å². The van der Waals surface area contributed by atoms with Gasteiger partial charge >= 0.3 is 0 Å². The van der Waals surface area contributed by atoms with Crippen molar-refractivity contribution in [3.8, 4) is 5.75 Å². The lowest BCUT2D eigenvalue weighted by Crippen LogP contribution is -2.05. The van der Waals surface area contributed by atoms with E-state index in [0.717, 1.165) is 29.8 Å². The number of aryl methyl sites for hydroxylation is 1. The Morgan fingerprint density at radius 3 is 3.00 bits per heavy atom. The summed E-state index contributed by atoms with van der Waals surface area (Å²) in [6, 6.07) is 1.98. The monoisotopic (exact) mass is 178 g/mol. The number of hydrogen-bond acceptors (Lipinski definition) is 3. The Labute approximate surface area is 77.9 Å². The maximum atomic E-state index is 5.66. The van der Waals surface area contributed by atoms with E-state index < -0.39 is 0 Å². The van der Waals surface area contributed by atoms with Crippen molar-refractivity contribution < 1.29 is 4.74 Å². The first kappa shape index (κ1) is 8.51. The molecule has 2 rings (SSSR count). The van der Waals surface area contributed by atoms with E-state index in [1.54, 1.807) is 6.20 Å². The van der Waals surface area contributed by atoms with Crippen LogP contribution in [0.5, 0.6) is 5.75 Å². The van der Waals surface area contributed by atoms with Gasteiger partial charge in [-0.1, -0.05) is 0 Å². The third kappa shape index (κ3) is 1.98. The highest BCUT2D eigenvalue weighted by atomic mass is 16.5. The summed E-state index contributed by atoms with van der Waals surface area (Å²) < 4.78 is 5.66. The van der Waals surface area contributed by atoms with Crippen molar-refractivity contribution in [3.63, 3.8) is 0 Å². The number of hydrogen-bond donors (Lipinski definition) is 1. The highest BCUT2D eigenvalue weighted by Crippen LogP contribution is 2.28. The van der Waals surface area contributed by atoms with E-state index in [-0.39, 0.29) is 0 Å². The minimum atomic E-state index is 0.412. The van der Waals surface area contributed by atoms with Crippen LogP contribution in [0.1, 0.15) is 24.1 Å². The lowest BCUT2D eigenvalue weighted by Gasteiger charge is -2.09. The largest absolute Gasteiger partial charge is 0.488 e. The van der Waals surface area contributed by atoms with E-state index in [0.29, 0.717) is 12.6 Å². The third-order valence-corrected chi connectivity index (χ3v) is 2.12. The van der Waals surface area contributed by atoms with Crippen LogP contribution in [0, 0.1) is 6.92 Å². The zero-order valence-corrected chi connectivity index (χ0v) is 7.79. The predicted molar refractivity (Wildman–Crippen MR) is 50.5 cm³/mol. The molecule has 0 bridgehead atoms. The molecule has 3 nitrogen and oxygen atoms in total. The quantitative estimate of drug-likeness (QED) is 0.760.